The predicted molar refractivity (Wildman–Crippen MR) is 92.5 cm³/mol. The van der Waals surface area contributed by atoms with E-state index in [0.717, 1.165) is 42.1 Å². The van der Waals surface area contributed by atoms with Gasteiger partial charge in [0.25, 0.3) is 0 Å². The van der Waals surface area contributed by atoms with Gasteiger partial charge in [0.15, 0.2) is 0 Å². The van der Waals surface area contributed by atoms with E-state index in [-0.39, 0.29) is 11.8 Å². The fourth-order valence-electron chi connectivity index (χ4n) is 4.18. The van der Waals surface area contributed by atoms with E-state index in [4.69, 9.17) is 0 Å². The predicted octanol–water partition coefficient (Wildman–Crippen LogP) is 5.09. The summed E-state index contributed by atoms with van der Waals surface area (Å²) >= 11 is 3.68. The molecule has 0 fully saturated rings. The van der Waals surface area contributed by atoms with Crippen LogP contribution in [0.2, 0.25) is 0 Å². The number of aromatic amines is 1. The fourth-order valence-corrected chi connectivity index (χ4v) is 4.75. The lowest BCUT2D eigenvalue weighted by Crippen LogP contribution is -2.33. The van der Waals surface area contributed by atoms with Gasteiger partial charge in [0.1, 0.15) is 0 Å². The average molecular weight is 364 g/mol. The number of rotatable bonds is 4. The minimum Gasteiger partial charge on any atom is -0.481 e. The Morgan fingerprint density at radius 2 is 2.23 bits per heavy atom. The molecular weight excluding hydrogens is 342 g/mol. The van der Waals surface area contributed by atoms with E-state index >= 15 is 0 Å². The quantitative estimate of drug-likeness (QED) is 0.794. The Bertz CT molecular complexity index is 734. The molecule has 22 heavy (non-hydrogen) atoms. The first-order valence-electron chi connectivity index (χ1n) is 8.00. The SMILES string of the molecule is CCCC1(CC(=O)O)CCCc2c1[nH]c1c(C)ccc(Br)c21. The molecule has 4 heteroatoms. The van der Waals surface area contributed by atoms with Crippen LogP contribution in [-0.4, -0.2) is 16.1 Å². The van der Waals surface area contributed by atoms with Gasteiger partial charge in [0, 0.05) is 26.5 Å². The molecule has 0 saturated carbocycles. The number of aromatic nitrogens is 1. The minimum atomic E-state index is -0.698. The fraction of sp³-hybridized carbons (Fsp3) is 0.500. The van der Waals surface area contributed by atoms with Crippen molar-refractivity contribution in [1.29, 1.82) is 0 Å². The highest BCUT2D eigenvalue weighted by Crippen LogP contribution is 2.47. The van der Waals surface area contributed by atoms with Crippen molar-refractivity contribution in [1.82, 2.24) is 4.98 Å². The molecule has 3 nitrogen and oxygen atoms in total. The van der Waals surface area contributed by atoms with E-state index < -0.39 is 5.97 Å². The maximum atomic E-state index is 11.5. The Hall–Kier alpha value is -1.29. The molecule has 1 heterocycles. The second-order valence-corrected chi connectivity index (χ2v) is 7.40. The van der Waals surface area contributed by atoms with Crippen LogP contribution in [0.3, 0.4) is 0 Å². The lowest BCUT2D eigenvalue weighted by Gasteiger charge is -2.36. The van der Waals surface area contributed by atoms with Gasteiger partial charge >= 0.3 is 5.97 Å². The molecule has 1 aliphatic carbocycles. The third kappa shape index (κ3) is 2.37. The Morgan fingerprint density at radius 1 is 1.45 bits per heavy atom. The topological polar surface area (TPSA) is 53.1 Å². The summed E-state index contributed by atoms with van der Waals surface area (Å²) in [6.07, 6.45) is 5.20. The zero-order valence-electron chi connectivity index (χ0n) is 13.1. The Balaban J connectivity index is 2.27. The second kappa shape index (κ2) is 5.73. The van der Waals surface area contributed by atoms with Crippen LogP contribution in [0.4, 0.5) is 0 Å². The van der Waals surface area contributed by atoms with E-state index in [1.807, 2.05) is 0 Å². The van der Waals surface area contributed by atoms with Crippen LogP contribution in [-0.2, 0) is 16.6 Å². The number of aliphatic carboxylic acids is 1. The van der Waals surface area contributed by atoms with Crippen LogP contribution in [0.15, 0.2) is 16.6 Å². The Kier molecular flexibility index (Phi) is 4.06. The summed E-state index contributed by atoms with van der Waals surface area (Å²) in [5.41, 5.74) is 4.64. The number of hydrogen-bond acceptors (Lipinski definition) is 1. The van der Waals surface area contributed by atoms with Gasteiger partial charge in [-0.2, -0.15) is 0 Å². The molecule has 0 aliphatic heterocycles. The van der Waals surface area contributed by atoms with Gasteiger partial charge in [0.05, 0.1) is 6.42 Å². The van der Waals surface area contributed by atoms with Crippen LogP contribution in [0, 0.1) is 6.92 Å². The summed E-state index contributed by atoms with van der Waals surface area (Å²) in [7, 11) is 0. The van der Waals surface area contributed by atoms with Crippen molar-refractivity contribution >= 4 is 32.8 Å². The van der Waals surface area contributed by atoms with Gasteiger partial charge in [0.2, 0.25) is 0 Å². The van der Waals surface area contributed by atoms with Crippen LogP contribution in [0.25, 0.3) is 10.9 Å². The number of carboxylic acids is 1. The van der Waals surface area contributed by atoms with Crippen molar-refractivity contribution < 1.29 is 9.90 Å². The third-order valence-electron chi connectivity index (χ3n) is 5.05. The summed E-state index contributed by atoms with van der Waals surface area (Å²) in [6, 6.07) is 4.20. The van der Waals surface area contributed by atoms with Crippen molar-refractivity contribution in [2.75, 3.05) is 0 Å². The number of carbonyl (C=O) groups is 1. The molecule has 0 bridgehead atoms. The molecule has 3 rings (SSSR count). The first-order chi connectivity index (χ1) is 10.5. The highest BCUT2D eigenvalue weighted by molar-refractivity contribution is 9.10. The van der Waals surface area contributed by atoms with Gasteiger partial charge < -0.3 is 10.1 Å². The number of fused-ring (bicyclic) bond motifs is 3. The van der Waals surface area contributed by atoms with E-state index in [2.05, 4.69) is 46.9 Å². The van der Waals surface area contributed by atoms with Crippen molar-refractivity contribution in [2.45, 2.75) is 57.8 Å². The molecular formula is C18H22BrNO2. The first kappa shape index (κ1) is 15.6. The van der Waals surface area contributed by atoms with Crippen molar-refractivity contribution in [2.24, 2.45) is 0 Å². The number of aryl methyl sites for hydroxylation is 2. The van der Waals surface area contributed by atoms with Gasteiger partial charge in [-0.3, -0.25) is 4.79 Å². The molecule has 1 unspecified atom stereocenters. The maximum Gasteiger partial charge on any atom is 0.304 e. The van der Waals surface area contributed by atoms with Gasteiger partial charge in [-0.25, -0.2) is 0 Å². The molecule has 2 N–H and O–H groups in total. The van der Waals surface area contributed by atoms with E-state index in [1.54, 1.807) is 0 Å². The van der Waals surface area contributed by atoms with E-state index in [9.17, 15) is 9.90 Å². The number of hydrogen-bond donors (Lipinski definition) is 2. The summed E-state index contributed by atoms with van der Waals surface area (Å²) in [6.45, 7) is 4.25. The second-order valence-electron chi connectivity index (χ2n) is 6.55. The highest BCUT2D eigenvalue weighted by Gasteiger charge is 2.40. The molecule has 118 valence electrons. The summed E-state index contributed by atoms with van der Waals surface area (Å²) < 4.78 is 1.10. The molecule has 1 atom stereocenters. The molecule has 2 aromatic rings. The number of benzene rings is 1. The normalized spacial score (nSPS) is 21.0. The molecule has 1 aliphatic rings. The highest BCUT2D eigenvalue weighted by atomic mass is 79.9. The standard InChI is InChI=1S/C18H22BrNO2/c1-3-8-18(10-14(21)22)9-4-5-12-15-13(19)7-6-11(2)16(15)20-17(12)18/h6-7,20H,3-5,8-10H2,1-2H3,(H,21,22). The van der Waals surface area contributed by atoms with Crippen LogP contribution in [0.1, 0.15) is 55.8 Å². The molecule has 0 radical (unpaired) electrons. The van der Waals surface area contributed by atoms with Crippen LogP contribution in [0.5, 0.6) is 0 Å². The summed E-state index contributed by atoms with van der Waals surface area (Å²) in [5, 5.41) is 10.7. The van der Waals surface area contributed by atoms with Crippen molar-refractivity contribution in [3.8, 4) is 0 Å². The van der Waals surface area contributed by atoms with Gasteiger partial charge in [-0.1, -0.05) is 35.3 Å². The van der Waals surface area contributed by atoms with Gasteiger partial charge in [-0.05, 0) is 49.8 Å². The lowest BCUT2D eigenvalue weighted by atomic mass is 9.68. The minimum absolute atomic E-state index is 0.220. The zero-order valence-corrected chi connectivity index (χ0v) is 14.7. The molecule has 0 spiro atoms. The monoisotopic (exact) mass is 363 g/mol. The van der Waals surface area contributed by atoms with E-state index in [0.29, 0.717) is 0 Å². The summed E-state index contributed by atoms with van der Waals surface area (Å²) in [4.78, 5) is 15.1. The number of H-pyrrole nitrogens is 1. The number of carboxylic acid groups (broad SMARTS) is 1. The number of nitrogens with one attached hydrogen (secondary N) is 1. The average Bonchev–Trinajstić information content (AvgIpc) is 2.85. The van der Waals surface area contributed by atoms with Crippen LogP contribution >= 0.6 is 15.9 Å². The Morgan fingerprint density at radius 3 is 2.91 bits per heavy atom. The maximum absolute atomic E-state index is 11.5. The number of halogens is 1. The smallest absolute Gasteiger partial charge is 0.304 e. The lowest BCUT2D eigenvalue weighted by molar-refractivity contribution is -0.138. The van der Waals surface area contributed by atoms with Gasteiger partial charge in [-0.15, -0.1) is 0 Å². The third-order valence-corrected chi connectivity index (χ3v) is 5.71. The van der Waals surface area contributed by atoms with Crippen molar-refractivity contribution in [3.05, 3.63) is 33.4 Å². The van der Waals surface area contributed by atoms with Crippen molar-refractivity contribution in [3.63, 3.8) is 0 Å². The molecule has 1 aromatic heterocycles. The largest absolute Gasteiger partial charge is 0.481 e. The van der Waals surface area contributed by atoms with E-state index in [1.165, 1.54) is 22.2 Å². The molecule has 0 saturated heterocycles. The zero-order chi connectivity index (χ0) is 15.9. The summed E-state index contributed by atoms with van der Waals surface area (Å²) in [5.74, 6) is -0.698. The van der Waals surface area contributed by atoms with Crippen LogP contribution < -0.4 is 0 Å². The Labute approximate surface area is 139 Å². The molecule has 1 aromatic carbocycles. The first-order valence-corrected chi connectivity index (χ1v) is 8.80. The molecule has 0 amide bonds.